The highest BCUT2D eigenvalue weighted by molar-refractivity contribution is 5.89. The molecule has 0 aliphatic rings. The number of carbonyl (C=O) groups is 1. The Morgan fingerprint density at radius 3 is 2.42 bits per heavy atom. The lowest BCUT2D eigenvalue weighted by molar-refractivity contribution is 0.0526. The van der Waals surface area contributed by atoms with Crippen LogP contribution in [-0.4, -0.2) is 12.6 Å². The number of benzene rings is 3. The first-order valence-electron chi connectivity index (χ1n) is 9.81. The summed E-state index contributed by atoms with van der Waals surface area (Å²) >= 11 is 0. The summed E-state index contributed by atoms with van der Waals surface area (Å²) in [5.41, 5.74) is 1.55. The lowest BCUT2D eigenvalue weighted by atomic mass is 10.2. The van der Waals surface area contributed by atoms with Crippen LogP contribution < -0.4 is 14.9 Å². The predicted molar refractivity (Wildman–Crippen MR) is 116 cm³/mol. The van der Waals surface area contributed by atoms with Gasteiger partial charge in [-0.05, 0) is 48.9 Å². The maximum Gasteiger partial charge on any atom is 0.338 e. The Hall–Kier alpha value is -4.06. The molecule has 0 atom stereocenters. The Bertz CT molecular complexity index is 1240. The zero-order valence-electron chi connectivity index (χ0n) is 16.9. The van der Waals surface area contributed by atoms with Crippen molar-refractivity contribution in [3.8, 4) is 17.2 Å². The summed E-state index contributed by atoms with van der Waals surface area (Å²) in [5, 5.41) is 0.382. The van der Waals surface area contributed by atoms with Gasteiger partial charge < -0.3 is 18.6 Å². The van der Waals surface area contributed by atoms with Crippen molar-refractivity contribution in [2.45, 2.75) is 13.5 Å². The van der Waals surface area contributed by atoms with Gasteiger partial charge >= 0.3 is 5.97 Å². The summed E-state index contributed by atoms with van der Waals surface area (Å²) in [5.74, 6) is 0.643. The molecule has 0 aliphatic carbocycles. The van der Waals surface area contributed by atoms with Gasteiger partial charge in [-0.3, -0.25) is 4.79 Å². The third-order valence-electron chi connectivity index (χ3n) is 4.56. The predicted octanol–water partition coefficient (Wildman–Crippen LogP) is 5.34. The molecule has 0 aliphatic heterocycles. The van der Waals surface area contributed by atoms with E-state index in [1.54, 1.807) is 49.4 Å². The average Bonchev–Trinajstić information content (AvgIpc) is 2.81. The van der Waals surface area contributed by atoms with E-state index < -0.39 is 5.97 Å². The van der Waals surface area contributed by atoms with Crippen LogP contribution in [0.3, 0.4) is 0 Å². The van der Waals surface area contributed by atoms with E-state index in [4.69, 9.17) is 18.6 Å². The van der Waals surface area contributed by atoms with Crippen LogP contribution in [0.5, 0.6) is 17.2 Å². The molecule has 31 heavy (non-hydrogen) atoms. The minimum Gasteiger partial charge on any atom is -0.489 e. The smallest absolute Gasteiger partial charge is 0.338 e. The third-order valence-corrected chi connectivity index (χ3v) is 4.56. The maximum atomic E-state index is 12.8. The molecule has 0 saturated heterocycles. The summed E-state index contributed by atoms with van der Waals surface area (Å²) in [6.45, 7) is 2.46. The van der Waals surface area contributed by atoms with Gasteiger partial charge in [0.05, 0.1) is 17.6 Å². The second kappa shape index (κ2) is 9.17. The number of ether oxygens (including phenoxy) is 3. The first kappa shape index (κ1) is 20.2. The van der Waals surface area contributed by atoms with Gasteiger partial charge in [0.2, 0.25) is 11.2 Å². The first-order valence-corrected chi connectivity index (χ1v) is 9.81. The molecule has 1 heterocycles. The molecular weight excluding hydrogens is 396 g/mol. The summed E-state index contributed by atoms with van der Waals surface area (Å²) < 4.78 is 22.0. The van der Waals surface area contributed by atoms with Crippen LogP contribution in [0.2, 0.25) is 0 Å². The Morgan fingerprint density at radius 2 is 1.68 bits per heavy atom. The summed E-state index contributed by atoms with van der Waals surface area (Å²) in [6.07, 6.45) is 1.27. The van der Waals surface area contributed by atoms with Gasteiger partial charge in [-0.1, -0.05) is 30.3 Å². The molecular formula is C25H20O6. The topological polar surface area (TPSA) is 75.0 Å². The minimum atomic E-state index is -0.412. The summed E-state index contributed by atoms with van der Waals surface area (Å²) in [4.78, 5) is 24.5. The van der Waals surface area contributed by atoms with E-state index in [-0.39, 0.29) is 11.2 Å². The van der Waals surface area contributed by atoms with Gasteiger partial charge in [-0.25, -0.2) is 4.79 Å². The van der Waals surface area contributed by atoms with Crippen molar-refractivity contribution in [3.63, 3.8) is 0 Å². The van der Waals surface area contributed by atoms with Crippen molar-refractivity contribution in [1.29, 1.82) is 0 Å². The number of hydrogen-bond acceptors (Lipinski definition) is 6. The molecule has 0 spiro atoms. The van der Waals surface area contributed by atoms with Crippen molar-refractivity contribution in [2.24, 2.45) is 0 Å². The van der Waals surface area contributed by atoms with Crippen LogP contribution >= 0.6 is 0 Å². The van der Waals surface area contributed by atoms with E-state index in [0.717, 1.165) is 5.56 Å². The van der Waals surface area contributed by atoms with E-state index in [1.165, 1.54) is 6.26 Å². The van der Waals surface area contributed by atoms with Crippen molar-refractivity contribution in [3.05, 3.63) is 100 Å². The standard InChI is InChI=1S/C25H20O6/c1-2-28-25(27)18-8-10-19(11-9-18)31-23-16-30-22-14-20(12-13-21(22)24(23)26)29-15-17-6-4-3-5-7-17/h3-14,16H,2,15H2,1H3. The van der Waals surface area contributed by atoms with E-state index in [2.05, 4.69) is 0 Å². The second-order valence-corrected chi connectivity index (χ2v) is 6.71. The fraction of sp³-hybridized carbons (Fsp3) is 0.120. The monoisotopic (exact) mass is 416 g/mol. The highest BCUT2D eigenvalue weighted by atomic mass is 16.5. The lowest BCUT2D eigenvalue weighted by Crippen LogP contribution is -2.06. The van der Waals surface area contributed by atoms with Crippen LogP contribution in [0.15, 0.2) is 88.3 Å². The molecule has 1 aromatic heterocycles. The van der Waals surface area contributed by atoms with Gasteiger partial charge in [0, 0.05) is 6.07 Å². The Balaban J connectivity index is 1.50. The molecule has 0 N–H and O–H groups in total. The molecule has 4 aromatic rings. The van der Waals surface area contributed by atoms with Gasteiger partial charge in [0.25, 0.3) is 0 Å². The molecule has 0 radical (unpaired) electrons. The van der Waals surface area contributed by atoms with Crippen molar-refractivity contribution < 1.29 is 23.4 Å². The molecule has 3 aromatic carbocycles. The zero-order chi connectivity index (χ0) is 21.6. The van der Waals surface area contributed by atoms with Gasteiger partial charge in [0.15, 0.2) is 0 Å². The molecule has 4 rings (SSSR count). The lowest BCUT2D eigenvalue weighted by Gasteiger charge is -2.09. The Morgan fingerprint density at radius 1 is 0.935 bits per heavy atom. The molecule has 0 amide bonds. The van der Waals surface area contributed by atoms with Crippen molar-refractivity contribution in [2.75, 3.05) is 6.61 Å². The number of carbonyl (C=O) groups excluding carboxylic acids is 1. The third kappa shape index (κ3) is 4.75. The van der Waals surface area contributed by atoms with Gasteiger partial charge in [-0.2, -0.15) is 0 Å². The fourth-order valence-electron chi connectivity index (χ4n) is 2.99. The summed E-state index contributed by atoms with van der Waals surface area (Å²) in [6, 6.07) is 21.2. The number of hydrogen-bond donors (Lipinski definition) is 0. The van der Waals surface area contributed by atoms with Gasteiger partial charge in [-0.15, -0.1) is 0 Å². The van der Waals surface area contributed by atoms with Crippen molar-refractivity contribution >= 4 is 16.9 Å². The molecule has 0 fully saturated rings. The Labute approximate surface area is 178 Å². The molecule has 6 nitrogen and oxygen atoms in total. The van der Waals surface area contributed by atoms with Gasteiger partial charge in [0.1, 0.15) is 30.0 Å². The van der Waals surface area contributed by atoms with Crippen LogP contribution in [0, 0.1) is 0 Å². The largest absolute Gasteiger partial charge is 0.489 e. The Kier molecular flexibility index (Phi) is 5.98. The molecule has 0 saturated carbocycles. The van der Waals surface area contributed by atoms with Crippen LogP contribution in [-0.2, 0) is 11.3 Å². The molecule has 0 bridgehead atoms. The molecule has 156 valence electrons. The van der Waals surface area contributed by atoms with E-state index >= 15 is 0 Å². The molecule has 6 heteroatoms. The van der Waals surface area contributed by atoms with Crippen LogP contribution in [0.1, 0.15) is 22.8 Å². The summed E-state index contributed by atoms with van der Waals surface area (Å²) in [7, 11) is 0. The highest BCUT2D eigenvalue weighted by Crippen LogP contribution is 2.25. The van der Waals surface area contributed by atoms with E-state index in [0.29, 0.717) is 41.2 Å². The second-order valence-electron chi connectivity index (χ2n) is 6.71. The fourth-order valence-corrected chi connectivity index (χ4v) is 2.99. The van der Waals surface area contributed by atoms with Crippen LogP contribution in [0.4, 0.5) is 0 Å². The maximum absolute atomic E-state index is 12.8. The quantitative estimate of drug-likeness (QED) is 0.379. The number of fused-ring (bicyclic) bond motifs is 1. The normalized spacial score (nSPS) is 10.6. The van der Waals surface area contributed by atoms with E-state index in [9.17, 15) is 9.59 Å². The first-order chi connectivity index (χ1) is 15.1. The average molecular weight is 416 g/mol. The number of rotatable bonds is 7. The molecule has 0 unspecified atom stereocenters. The van der Waals surface area contributed by atoms with E-state index in [1.807, 2.05) is 30.3 Å². The minimum absolute atomic E-state index is 0.0503. The zero-order valence-corrected chi connectivity index (χ0v) is 16.9. The van der Waals surface area contributed by atoms with Crippen molar-refractivity contribution in [1.82, 2.24) is 0 Å². The SMILES string of the molecule is CCOC(=O)c1ccc(Oc2coc3cc(OCc4ccccc4)ccc3c2=O)cc1. The van der Waals surface area contributed by atoms with Crippen LogP contribution in [0.25, 0.3) is 11.0 Å². The number of esters is 1. The highest BCUT2D eigenvalue weighted by Gasteiger charge is 2.12.